The molecule has 0 amide bonds. The molecule has 0 bridgehead atoms. The Labute approximate surface area is 105 Å². The Balaban J connectivity index is -0.0000000358. The van der Waals surface area contributed by atoms with E-state index >= 15 is 0 Å². The van der Waals surface area contributed by atoms with Crippen molar-refractivity contribution in [3.05, 3.63) is 5.21 Å². The van der Waals surface area contributed by atoms with Crippen LogP contribution in [0.15, 0.2) is 0 Å². The lowest BCUT2D eigenvalue weighted by Crippen LogP contribution is -2.27. The maximum absolute atomic E-state index is 10.0. The molecule has 0 atom stereocenters. The Morgan fingerprint density at radius 3 is 0.688 bits per heavy atom. The van der Waals surface area contributed by atoms with Crippen LogP contribution in [0.3, 0.4) is 0 Å². The molecule has 106 valence electrons. The Bertz CT molecular complexity index is 85.7. The Kier molecular flexibility index (Phi) is 23.9. The van der Waals surface area contributed by atoms with E-state index in [0.29, 0.717) is 0 Å². The Morgan fingerprint density at radius 2 is 0.688 bits per heavy atom. The molecule has 0 aromatic carbocycles. The molecule has 0 saturated carbocycles. The average Bonchev–Trinajstić information content (AvgIpc) is 1.45. The first kappa shape index (κ1) is 29.7. The first-order valence-electron chi connectivity index (χ1n) is 4.65. The van der Waals surface area contributed by atoms with Gasteiger partial charge in [-0.25, -0.2) is 0 Å². The molecule has 0 aliphatic carbocycles. The topological polar surface area (TPSA) is 26.3 Å². The van der Waals surface area contributed by atoms with Gasteiger partial charge in [0.2, 0.25) is 0 Å². The first-order valence-corrected chi connectivity index (χ1v) is 4.65. The summed E-state index contributed by atoms with van der Waals surface area (Å²) in [6.45, 7) is 0. The quantitative estimate of drug-likeness (QED) is 0.478. The fourth-order valence-electron chi connectivity index (χ4n) is 0. The summed E-state index contributed by atoms with van der Waals surface area (Å²) in [6.07, 6.45) is 0. The second-order valence-corrected chi connectivity index (χ2v) is 5.91. The second kappa shape index (κ2) is 12.9. The predicted molar refractivity (Wildman–Crippen MR) is 78.4 cm³/mol. The van der Waals surface area contributed by atoms with Crippen molar-refractivity contribution in [1.29, 1.82) is 0 Å². The molecule has 0 aromatic rings. The van der Waals surface area contributed by atoms with Gasteiger partial charge in [-0.2, -0.15) is 0 Å². The summed E-state index contributed by atoms with van der Waals surface area (Å²) in [6, 6.07) is 0. The van der Waals surface area contributed by atoms with Gasteiger partial charge in [-0.15, -0.1) is 0 Å². The molecule has 0 aromatic heterocycles. The third-order valence-corrected chi connectivity index (χ3v) is 0. The monoisotopic (exact) mass is 240 g/mol. The standard InChI is InChI=1S/C4H12N.C3H9NO.C3H9N.2CH4/c1-5(2,3)4;1-4(2,3)5;1-4(2)3;;/h1-4H3;1-3H3;1-3H3;2*1H4/q+1;;;;. The third-order valence-electron chi connectivity index (χ3n) is 0. The van der Waals surface area contributed by atoms with Crippen LogP contribution in [0.5, 0.6) is 0 Å². The average molecular weight is 240 g/mol. The van der Waals surface area contributed by atoms with E-state index in [9.17, 15) is 5.21 Å². The number of hydrogen-bond donors (Lipinski definition) is 0. The molecular weight excluding hydrogens is 202 g/mol. The van der Waals surface area contributed by atoms with Crippen LogP contribution in [0.4, 0.5) is 0 Å². The smallest absolute Gasteiger partial charge is 0.0675 e. The van der Waals surface area contributed by atoms with Crippen molar-refractivity contribution in [1.82, 2.24) is 4.90 Å². The lowest BCUT2D eigenvalue weighted by atomic mass is 10.8. The molecule has 0 heterocycles. The van der Waals surface area contributed by atoms with Crippen molar-refractivity contribution < 1.29 is 9.13 Å². The van der Waals surface area contributed by atoms with Crippen LogP contribution in [-0.2, 0) is 0 Å². The summed E-state index contributed by atoms with van der Waals surface area (Å²) in [5, 5.41) is 10.0. The van der Waals surface area contributed by atoms with Crippen molar-refractivity contribution >= 4 is 0 Å². The van der Waals surface area contributed by atoms with E-state index in [4.69, 9.17) is 0 Å². The Hall–Kier alpha value is -0.160. The van der Waals surface area contributed by atoms with Crippen LogP contribution < -0.4 is 0 Å². The van der Waals surface area contributed by atoms with Crippen molar-refractivity contribution in [2.24, 2.45) is 0 Å². The van der Waals surface area contributed by atoms with Gasteiger partial charge in [0.15, 0.2) is 0 Å². The summed E-state index contributed by atoms with van der Waals surface area (Å²) < 4.78 is 0.750. The van der Waals surface area contributed by atoms with Gasteiger partial charge in [0, 0.05) is 0 Å². The molecule has 0 aliphatic rings. The summed E-state index contributed by atoms with van der Waals surface area (Å²) in [5.41, 5.74) is 0. The fourth-order valence-corrected chi connectivity index (χ4v) is 0. The molecule has 0 fully saturated rings. The number of rotatable bonds is 0. The van der Waals surface area contributed by atoms with Crippen molar-refractivity contribution in [2.45, 2.75) is 14.9 Å². The van der Waals surface area contributed by atoms with Crippen molar-refractivity contribution in [2.75, 3.05) is 70.5 Å². The minimum absolute atomic E-state index is 0. The summed E-state index contributed by atoms with van der Waals surface area (Å²) in [5.74, 6) is 0. The van der Waals surface area contributed by atoms with E-state index in [1.807, 2.05) is 26.0 Å². The van der Waals surface area contributed by atoms with Gasteiger partial charge in [-0.1, -0.05) is 14.9 Å². The summed E-state index contributed by atoms with van der Waals surface area (Å²) in [7, 11) is 19.2. The van der Waals surface area contributed by atoms with E-state index in [0.717, 1.165) is 4.48 Å². The number of nitrogens with zero attached hydrogens (tertiary/aromatic N) is 3. The van der Waals surface area contributed by atoms with E-state index < -0.39 is 0 Å². The fraction of sp³-hybridized carbons (Fsp3) is 1.00. The van der Waals surface area contributed by atoms with Gasteiger partial charge < -0.3 is 19.2 Å². The van der Waals surface area contributed by atoms with Gasteiger partial charge in [-0.05, 0) is 21.1 Å². The van der Waals surface area contributed by atoms with Crippen LogP contribution in [0.25, 0.3) is 0 Å². The van der Waals surface area contributed by atoms with Crippen LogP contribution >= 0.6 is 0 Å². The molecule has 16 heavy (non-hydrogen) atoms. The molecule has 0 aliphatic heterocycles. The van der Waals surface area contributed by atoms with E-state index in [1.54, 1.807) is 21.1 Å². The molecular formula is C12H38N3O+. The van der Waals surface area contributed by atoms with E-state index in [1.165, 1.54) is 0 Å². The zero-order valence-corrected chi connectivity index (χ0v) is 11.7. The summed E-state index contributed by atoms with van der Waals surface area (Å²) in [4.78, 5) is 2.00. The van der Waals surface area contributed by atoms with Gasteiger partial charge >= 0.3 is 0 Å². The summed E-state index contributed by atoms with van der Waals surface area (Å²) >= 11 is 0. The van der Waals surface area contributed by atoms with E-state index in [-0.39, 0.29) is 19.5 Å². The highest BCUT2D eigenvalue weighted by molar-refractivity contribution is 4.09. The molecule has 0 spiro atoms. The highest BCUT2D eigenvalue weighted by Crippen LogP contribution is 1.77. The first-order chi connectivity index (χ1) is 5.73. The number of quaternary nitrogens is 2. The van der Waals surface area contributed by atoms with Crippen LogP contribution in [0.1, 0.15) is 14.9 Å². The van der Waals surface area contributed by atoms with Crippen molar-refractivity contribution in [3.8, 4) is 0 Å². The van der Waals surface area contributed by atoms with E-state index in [2.05, 4.69) is 28.2 Å². The molecule has 0 rings (SSSR count). The molecule has 0 saturated heterocycles. The second-order valence-electron chi connectivity index (χ2n) is 5.91. The van der Waals surface area contributed by atoms with Crippen LogP contribution in [-0.4, -0.2) is 84.5 Å². The molecule has 0 radical (unpaired) electrons. The van der Waals surface area contributed by atoms with Gasteiger partial charge in [0.25, 0.3) is 0 Å². The minimum atomic E-state index is -0.250. The van der Waals surface area contributed by atoms with Gasteiger partial charge in [0.1, 0.15) is 0 Å². The van der Waals surface area contributed by atoms with Gasteiger partial charge in [0.05, 0.1) is 49.3 Å². The highest BCUT2D eigenvalue weighted by atomic mass is 16.5. The van der Waals surface area contributed by atoms with Crippen molar-refractivity contribution in [3.63, 3.8) is 0 Å². The molecule has 4 heteroatoms. The lowest BCUT2D eigenvalue weighted by molar-refractivity contribution is -0.849. The zero-order valence-electron chi connectivity index (χ0n) is 11.7. The lowest BCUT2D eigenvalue weighted by Gasteiger charge is -2.27. The molecule has 0 unspecified atom stereocenters. The zero-order chi connectivity index (χ0) is 12.6. The largest absolute Gasteiger partial charge is 0.633 e. The third kappa shape index (κ3) is 89100. The number of hydroxylamine groups is 3. The predicted octanol–water partition coefficient (Wildman–Crippen LogP) is 1.96. The number of hydrogen-bond acceptors (Lipinski definition) is 2. The highest BCUT2D eigenvalue weighted by Gasteiger charge is 1.88. The van der Waals surface area contributed by atoms with Crippen LogP contribution in [0.2, 0.25) is 0 Å². The Morgan fingerprint density at radius 1 is 0.688 bits per heavy atom. The molecule has 0 N–H and O–H groups in total. The maximum Gasteiger partial charge on any atom is 0.0675 e. The van der Waals surface area contributed by atoms with Gasteiger partial charge in [-0.3, -0.25) is 0 Å². The molecule has 4 nitrogen and oxygen atoms in total. The normalized spacial score (nSPS) is 9.75. The SMILES string of the molecule is C.C.CN(C)C.C[N+](C)(C)C.C[N+](C)(C)[O-]. The van der Waals surface area contributed by atoms with Crippen LogP contribution in [0, 0.1) is 5.21 Å². The minimum Gasteiger partial charge on any atom is -0.633 e. The maximum atomic E-state index is 10.0.